The van der Waals surface area contributed by atoms with Crippen LogP contribution in [0, 0.1) is 6.92 Å². The van der Waals surface area contributed by atoms with Gasteiger partial charge in [0.2, 0.25) is 16.1 Å². The summed E-state index contributed by atoms with van der Waals surface area (Å²) in [7, 11) is -3.83. The Hall–Kier alpha value is -1.60. The van der Waals surface area contributed by atoms with Gasteiger partial charge in [0.05, 0.1) is 23.7 Å². The first-order valence-corrected chi connectivity index (χ1v) is 11.7. The molecule has 2 aliphatic heterocycles. The van der Waals surface area contributed by atoms with Crippen molar-refractivity contribution >= 4 is 27.7 Å². The molecule has 32 heavy (non-hydrogen) atoms. The molecule has 0 bridgehead atoms. The Balaban J connectivity index is 1.65. The average molecular weight is 501 g/mol. The molecule has 1 aromatic rings. The van der Waals surface area contributed by atoms with E-state index in [1.165, 1.54) is 16.4 Å². The number of likely N-dealkylation sites (tertiary alicyclic amines) is 1. The number of alkyl halides is 3. The number of hydrogen-bond acceptors (Lipinski definition) is 6. The SMILES string of the molecule is Cc1ccc(S(=O)(=O)N2CCOC3(CCN(C(=O)O[C@H](CO)C(F)(F)F)CC3)C2)cc1Cl. The first-order valence-electron chi connectivity index (χ1n) is 9.91. The molecule has 2 heterocycles. The molecule has 1 spiro atoms. The molecule has 0 unspecified atom stereocenters. The van der Waals surface area contributed by atoms with E-state index in [1.54, 1.807) is 13.0 Å². The fraction of sp³-hybridized carbons (Fsp3) is 0.632. The summed E-state index contributed by atoms with van der Waals surface area (Å²) in [6, 6.07) is 4.50. The molecule has 0 aliphatic carbocycles. The Labute approximate surface area is 188 Å². The standard InChI is InChI=1S/C19H24ClF3N2O6S/c1-13-2-3-14(10-15(13)20)32(28,29)25-8-9-30-18(12-25)4-6-24(7-5-18)17(27)31-16(11-26)19(21,22)23/h2-3,10,16,26H,4-9,11-12H2,1H3/t16-/m1/s1. The van der Waals surface area contributed by atoms with Gasteiger partial charge in [0.15, 0.2) is 0 Å². The van der Waals surface area contributed by atoms with Crippen LogP contribution in [0.15, 0.2) is 23.1 Å². The van der Waals surface area contributed by atoms with Gasteiger partial charge in [-0.3, -0.25) is 0 Å². The third kappa shape index (κ3) is 5.30. The van der Waals surface area contributed by atoms with Gasteiger partial charge in [-0.1, -0.05) is 17.7 Å². The molecule has 13 heteroatoms. The van der Waals surface area contributed by atoms with Crippen LogP contribution in [-0.4, -0.2) is 86.1 Å². The maximum Gasteiger partial charge on any atom is 0.427 e. The van der Waals surface area contributed by atoms with Crippen molar-refractivity contribution in [2.75, 3.05) is 39.4 Å². The number of carbonyl (C=O) groups excluding carboxylic acids is 1. The molecule has 0 radical (unpaired) electrons. The number of benzene rings is 1. The lowest BCUT2D eigenvalue weighted by atomic mass is 9.90. The van der Waals surface area contributed by atoms with Crippen LogP contribution >= 0.6 is 11.6 Å². The number of aliphatic hydroxyl groups is 1. The number of morpholine rings is 1. The topological polar surface area (TPSA) is 96.4 Å². The van der Waals surface area contributed by atoms with Gasteiger partial charge in [0.1, 0.15) is 0 Å². The molecule has 1 atom stereocenters. The Bertz CT molecular complexity index is 951. The Kier molecular flexibility index (Phi) is 7.30. The number of aryl methyl sites for hydroxylation is 1. The fourth-order valence-electron chi connectivity index (χ4n) is 3.70. The van der Waals surface area contributed by atoms with Crippen LogP contribution in [-0.2, 0) is 19.5 Å². The minimum atomic E-state index is -4.87. The second-order valence-electron chi connectivity index (χ2n) is 7.86. The summed E-state index contributed by atoms with van der Waals surface area (Å²) in [5.41, 5.74) is -0.117. The normalized spacial score (nSPS) is 20.9. The Morgan fingerprint density at radius 2 is 1.97 bits per heavy atom. The molecule has 0 saturated carbocycles. The van der Waals surface area contributed by atoms with Crippen molar-refractivity contribution in [3.8, 4) is 0 Å². The van der Waals surface area contributed by atoms with E-state index in [0.717, 1.165) is 10.5 Å². The van der Waals surface area contributed by atoms with Crippen molar-refractivity contribution in [3.63, 3.8) is 0 Å². The number of sulfonamides is 1. The van der Waals surface area contributed by atoms with E-state index in [1.807, 2.05) is 0 Å². The highest BCUT2D eigenvalue weighted by molar-refractivity contribution is 7.89. The van der Waals surface area contributed by atoms with E-state index in [-0.39, 0.29) is 50.5 Å². The molecular formula is C19H24ClF3N2O6S. The van der Waals surface area contributed by atoms with Gasteiger partial charge in [-0.25, -0.2) is 13.2 Å². The van der Waals surface area contributed by atoms with Crippen molar-refractivity contribution in [2.45, 2.75) is 42.5 Å². The number of nitrogens with zero attached hydrogens (tertiary/aromatic N) is 2. The van der Waals surface area contributed by atoms with E-state index in [0.29, 0.717) is 5.02 Å². The summed E-state index contributed by atoms with van der Waals surface area (Å²) in [5, 5.41) is 9.17. The summed E-state index contributed by atoms with van der Waals surface area (Å²) < 4.78 is 75.9. The molecule has 1 amide bonds. The number of halogens is 4. The number of piperidine rings is 1. The minimum Gasteiger partial charge on any atom is -0.434 e. The highest BCUT2D eigenvalue weighted by Crippen LogP contribution is 2.34. The quantitative estimate of drug-likeness (QED) is 0.682. The minimum absolute atomic E-state index is 0.0269. The third-order valence-corrected chi connectivity index (χ3v) is 7.95. The van der Waals surface area contributed by atoms with Gasteiger partial charge in [-0.05, 0) is 37.5 Å². The summed E-state index contributed by atoms with van der Waals surface area (Å²) in [5.74, 6) is 0. The zero-order valence-electron chi connectivity index (χ0n) is 17.3. The number of ether oxygens (including phenoxy) is 2. The number of amides is 1. The Morgan fingerprint density at radius 1 is 1.31 bits per heavy atom. The summed E-state index contributed by atoms with van der Waals surface area (Å²) >= 11 is 6.08. The monoisotopic (exact) mass is 500 g/mol. The van der Waals surface area contributed by atoms with Crippen molar-refractivity contribution < 1.29 is 41.0 Å². The van der Waals surface area contributed by atoms with Crippen molar-refractivity contribution in [1.29, 1.82) is 0 Å². The molecule has 1 N–H and O–H groups in total. The fourth-order valence-corrected chi connectivity index (χ4v) is 5.47. The molecule has 8 nitrogen and oxygen atoms in total. The van der Waals surface area contributed by atoms with Crippen LogP contribution in [0.25, 0.3) is 0 Å². The lowest BCUT2D eigenvalue weighted by Crippen LogP contribution is -2.58. The van der Waals surface area contributed by atoms with Gasteiger partial charge in [0, 0.05) is 31.2 Å². The smallest absolute Gasteiger partial charge is 0.427 e. The second-order valence-corrected chi connectivity index (χ2v) is 10.2. The molecule has 1 aromatic carbocycles. The molecular weight excluding hydrogens is 477 g/mol. The Morgan fingerprint density at radius 3 is 2.53 bits per heavy atom. The van der Waals surface area contributed by atoms with E-state index >= 15 is 0 Å². The second kappa shape index (κ2) is 9.34. The van der Waals surface area contributed by atoms with E-state index in [4.69, 9.17) is 21.4 Å². The van der Waals surface area contributed by atoms with E-state index in [2.05, 4.69) is 4.74 Å². The number of rotatable bonds is 4. The summed E-state index contributed by atoms with van der Waals surface area (Å²) in [6.07, 6.45) is -8.22. The maximum atomic E-state index is 13.1. The molecule has 2 aliphatic rings. The maximum absolute atomic E-state index is 13.1. The first kappa shape index (κ1) is 25.0. The van der Waals surface area contributed by atoms with Gasteiger partial charge >= 0.3 is 12.3 Å². The number of aliphatic hydroxyl groups excluding tert-OH is 1. The van der Waals surface area contributed by atoms with Gasteiger partial charge in [-0.2, -0.15) is 17.5 Å². The van der Waals surface area contributed by atoms with Crippen molar-refractivity contribution in [2.24, 2.45) is 0 Å². The van der Waals surface area contributed by atoms with Crippen molar-refractivity contribution in [3.05, 3.63) is 28.8 Å². The van der Waals surface area contributed by atoms with Crippen LogP contribution in [0.4, 0.5) is 18.0 Å². The molecule has 2 saturated heterocycles. The number of hydrogen-bond donors (Lipinski definition) is 1. The highest BCUT2D eigenvalue weighted by atomic mass is 35.5. The molecule has 3 rings (SSSR count). The predicted octanol–water partition coefficient (Wildman–Crippen LogP) is 2.56. The largest absolute Gasteiger partial charge is 0.434 e. The zero-order valence-corrected chi connectivity index (χ0v) is 18.8. The van der Waals surface area contributed by atoms with Gasteiger partial charge < -0.3 is 19.5 Å². The predicted molar refractivity (Wildman–Crippen MR) is 108 cm³/mol. The summed E-state index contributed by atoms with van der Waals surface area (Å²) in [4.78, 5) is 13.2. The van der Waals surface area contributed by atoms with Crippen LogP contribution in [0.1, 0.15) is 18.4 Å². The lowest BCUT2D eigenvalue weighted by Gasteiger charge is -2.46. The summed E-state index contributed by atoms with van der Waals surface area (Å²) in [6.45, 7) is 0.781. The van der Waals surface area contributed by atoms with Gasteiger partial charge in [-0.15, -0.1) is 0 Å². The molecule has 180 valence electrons. The van der Waals surface area contributed by atoms with Crippen LogP contribution in [0.5, 0.6) is 0 Å². The van der Waals surface area contributed by atoms with Crippen molar-refractivity contribution in [1.82, 2.24) is 9.21 Å². The first-order chi connectivity index (χ1) is 14.9. The molecule has 2 fully saturated rings. The van der Waals surface area contributed by atoms with E-state index < -0.39 is 40.6 Å². The lowest BCUT2D eigenvalue weighted by molar-refractivity contribution is -0.215. The number of carbonyl (C=O) groups is 1. The van der Waals surface area contributed by atoms with E-state index in [9.17, 15) is 26.4 Å². The molecule has 0 aromatic heterocycles. The van der Waals surface area contributed by atoms with Crippen LogP contribution in [0.2, 0.25) is 5.02 Å². The van der Waals surface area contributed by atoms with Crippen LogP contribution in [0.3, 0.4) is 0 Å². The zero-order chi connectivity index (χ0) is 23.7. The van der Waals surface area contributed by atoms with Gasteiger partial charge in [0.25, 0.3) is 0 Å². The van der Waals surface area contributed by atoms with Crippen LogP contribution < -0.4 is 0 Å². The average Bonchev–Trinajstić information content (AvgIpc) is 2.73. The highest BCUT2D eigenvalue weighted by Gasteiger charge is 2.46. The third-order valence-electron chi connectivity index (χ3n) is 5.70.